The Kier molecular flexibility index (Phi) is 4.98. The molecule has 0 heterocycles. The number of hydrogen-bond acceptors (Lipinski definition) is 3. The zero-order valence-corrected chi connectivity index (χ0v) is 11.9. The summed E-state index contributed by atoms with van der Waals surface area (Å²) in [5, 5.41) is 0.0300. The predicted octanol–water partition coefficient (Wildman–Crippen LogP) is 1.95. The van der Waals surface area contributed by atoms with E-state index in [2.05, 4.69) is 0 Å². The minimum absolute atomic E-state index is 0.0300. The maximum absolute atomic E-state index is 13.2. The molecule has 0 unspecified atom stereocenters. The number of halogens is 2. The van der Waals surface area contributed by atoms with Gasteiger partial charge in [-0.2, -0.15) is 0 Å². The largest absolute Gasteiger partial charge is 0.535 e. The molecular formula is C12H18F2O3Si. The Balaban J connectivity index is 3.15. The molecule has 1 N–H and O–H groups in total. The maximum Gasteiger partial charge on any atom is 0.535 e. The Labute approximate surface area is 107 Å². The lowest BCUT2D eigenvalue weighted by Crippen LogP contribution is -2.57. The summed E-state index contributed by atoms with van der Waals surface area (Å²) in [6.07, 6.45) is -0.626. The molecule has 0 aliphatic heterocycles. The molecule has 1 rings (SSSR count). The minimum atomic E-state index is -3.79. The summed E-state index contributed by atoms with van der Waals surface area (Å²) < 4.78 is 37.2. The molecule has 0 aliphatic carbocycles. The average molecular weight is 276 g/mol. The van der Waals surface area contributed by atoms with E-state index < -0.39 is 20.4 Å². The van der Waals surface area contributed by atoms with E-state index in [1.54, 1.807) is 27.7 Å². The molecule has 0 saturated carbocycles. The fraction of sp³-hybridized carbons (Fsp3) is 0.500. The van der Waals surface area contributed by atoms with Crippen molar-refractivity contribution in [1.29, 1.82) is 0 Å². The van der Waals surface area contributed by atoms with E-state index in [1.165, 1.54) is 0 Å². The molecule has 3 nitrogen and oxygen atoms in total. The molecule has 0 atom stereocenters. The van der Waals surface area contributed by atoms with Gasteiger partial charge in [-0.3, -0.25) is 0 Å². The molecule has 0 fully saturated rings. The summed E-state index contributed by atoms with van der Waals surface area (Å²) in [7, 11) is -3.79. The maximum atomic E-state index is 13.2. The summed E-state index contributed by atoms with van der Waals surface area (Å²) >= 11 is 0. The van der Waals surface area contributed by atoms with E-state index in [9.17, 15) is 13.6 Å². The van der Waals surface area contributed by atoms with Crippen LogP contribution in [0.25, 0.3) is 0 Å². The van der Waals surface area contributed by atoms with Crippen LogP contribution in [-0.2, 0) is 8.85 Å². The molecule has 1 aromatic rings. The van der Waals surface area contributed by atoms with Crippen LogP contribution in [0.3, 0.4) is 0 Å². The highest BCUT2D eigenvalue weighted by molar-refractivity contribution is 6.74. The molecule has 0 bridgehead atoms. The highest BCUT2D eigenvalue weighted by atomic mass is 28.4. The Hall–Kier alpha value is -0.823. The highest BCUT2D eigenvalue weighted by Gasteiger charge is 2.42. The lowest BCUT2D eigenvalue weighted by molar-refractivity contribution is 0.0604. The average Bonchev–Trinajstić information content (AvgIpc) is 2.12. The summed E-state index contributed by atoms with van der Waals surface area (Å²) in [4.78, 5) is 10.4. The zero-order chi connectivity index (χ0) is 13.9. The molecule has 0 spiro atoms. The second-order valence-electron chi connectivity index (χ2n) is 4.57. The van der Waals surface area contributed by atoms with E-state index in [0.29, 0.717) is 0 Å². The Morgan fingerprint density at radius 3 is 1.67 bits per heavy atom. The van der Waals surface area contributed by atoms with Crippen molar-refractivity contribution in [2.24, 2.45) is 0 Å². The number of benzene rings is 1. The molecule has 0 saturated heterocycles. The van der Waals surface area contributed by atoms with Gasteiger partial charge in [-0.05, 0) is 39.8 Å². The van der Waals surface area contributed by atoms with E-state index in [1.807, 2.05) is 0 Å². The summed E-state index contributed by atoms with van der Waals surface area (Å²) in [5.41, 5.74) is 0. The van der Waals surface area contributed by atoms with Gasteiger partial charge in [-0.1, -0.05) is 0 Å². The normalized spacial score (nSPS) is 12.5. The van der Waals surface area contributed by atoms with Crippen molar-refractivity contribution in [1.82, 2.24) is 0 Å². The topological polar surface area (TPSA) is 38.7 Å². The lowest BCUT2D eigenvalue weighted by atomic mass is 10.3. The first-order valence-corrected chi connectivity index (χ1v) is 7.54. The molecule has 6 heteroatoms. The van der Waals surface area contributed by atoms with Crippen molar-refractivity contribution in [3.05, 3.63) is 29.8 Å². The van der Waals surface area contributed by atoms with Gasteiger partial charge in [0.1, 0.15) is 11.6 Å². The predicted molar refractivity (Wildman–Crippen MR) is 66.4 cm³/mol. The first kappa shape index (κ1) is 15.2. The van der Waals surface area contributed by atoms with Gasteiger partial charge in [-0.15, -0.1) is 0 Å². The van der Waals surface area contributed by atoms with Crippen molar-refractivity contribution >= 4 is 14.0 Å². The number of hydrogen-bond donors (Lipinski definition) is 1. The monoisotopic (exact) mass is 276 g/mol. The van der Waals surface area contributed by atoms with Crippen molar-refractivity contribution in [3.8, 4) is 0 Å². The molecular weight excluding hydrogens is 258 g/mol. The lowest BCUT2D eigenvalue weighted by Gasteiger charge is -2.28. The molecule has 0 aliphatic rings. The van der Waals surface area contributed by atoms with Crippen molar-refractivity contribution in [3.63, 3.8) is 0 Å². The highest BCUT2D eigenvalue weighted by Crippen LogP contribution is 2.13. The van der Waals surface area contributed by atoms with Gasteiger partial charge < -0.3 is 13.6 Å². The third-order valence-electron chi connectivity index (χ3n) is 2.02. The van der Waals surface area contributed by atoms with Gasteiger partial charge in [0, 0.05) is 23.5 Å². The smallest absolute Gasteiger partial charge is 0.386 e. The molecule has 0 radical (unpaired) electrons. The van der Waals surface area contributed by atoms with Crippen LogP contribution in [0.15, 0.2) is 18.2 Å². The third kappa shape index (κ3) is 4.13. The second-order valence-corrected chi connectivity index (χ2v) is 6.79. The van der Waals surface area contributed by atoms with E-state index in [0.717, 1.165) is 18.2 Å². The summed E-state index contributed by atoms with van der Waals surface area (Å²) in [5.74, 6) is -1.54. The fourth-order valence-corrected chi connectivity index (χ4v) is 3.79. The Morgan fingerprint density at radius 1 is 0.944 bits per heavy atom. The first-order valence-electron chi connectivity index (χ1n) is 5.77. The van der Waals surface area contributed by atoms with E-state index in [4.69, 9.17) is 8.85 Å². The Bertz CT molecular complexity index is 380. The van der Waals surface area contributed by atoms with Gasteiger partial charge in [-0.25, -0.2) is 8.78 Å². The standard InChI is InChI=1S/C12H18F2O3Si/c1-8(2)16-18(15,17-9(3)4)12-6-10(13)5-11(14)7-12/h5-9,15H,1-4H3. The van der Waals surface area contributed by atoms with Gasteiger partial charge in [0.05, 0.1) is 0 Å². The second kappa shape index (κ2) is 5.88. The van der Waals surface area contributed by atoms with Crippen LogP contribution in [0.1, 0.15) is 27.7 Å². The van der Waals surface area contributed by atoms with Crippen LogP contribution in [0.5, 0.6) is 0 Å². The van der Waals surface area contributed by atoms with Gasteiger partial charge in [0.2, 0.25) is 0 Å². The first-order chi connectivity index (χ1) is 8.23. The van der Waals surface area contributed by atoms with Crippen molar-refractivity contribution in [2.45, 2.75) is 39.9 Å². The molecule has 18 heavy (non-hydrogen) atoms. The minimum Gasteiger partial charge on any atom is -0.386 e. The van der Waals surface area contributed by atoms with Gasteiger partial charge in [0.15, 0.2) is 0 Å². The summed E-state index contributed by atoms with van der Waals surface area (Å²) in [6.45, 7) is 6.88. The van der Waals surface area contributed by atoms with E-state index in [-0.39, 0.29) is 17.4 Å². The van der Waals surface area contributed by atoms with Crippen molar-refractivity contribution in [2.75, 3.05) is 0 Å². The molecule has 1 aromatic carbocycles. The van der Waals surface area contributed by atoms with Crippen LogP contribution in [0, 0.1) is 11.6 Å². The van der Waals surface area contributed by atoms with Crippen LogP contribution in [-0.4, -0.2) is 25.8 Å². The van der Waals surface area contributed by atoms with E-state index >= 15 is 0 Å². The molecule has 102 valence electrons. The zero-order valence-electron chi connectivity index (χ0n) is 10.9. The quantitative estimate of drug-likeness (QED) is 0.836. The SMILES string of the molecule is CC(C)O[Si](O)(OC(C)C)c1cc(F)cc(F)c1. The molecule has 0 aromatic heterocycles. The van der Waals surface area contributed by atoms with Crippen molar-refractivity contribution < 1.29 is 22.4 Å². The van der Waals surface area contributed by atoms with Crippen LogP contribution in [0.2, 0.25) is 0 Å². The van der Waals surface area contributed by atoms with Crippen LogP contribution >= 0.6 is 0 Å². The van der Waals surface area contributed by atoms with Gasteiger partial charge >= 0.3 is 8.80 Å². The summed E-state index contributed by atoms with van der Waals surface area (Å²) in [6, 6.07) is 2.82. The van der Waals surface area contributed by atoms with Gasteiger partial charge in [0.25, 0.3) is 0 Å². The van der Waals surface area contributed by atoms with Crippen LogP contribution < -0.4 is 5.19 Å². The van der Waals surface area contributed by atoms with Crippen LogP contribution in [0.4, 0.5) is 8.78 Å². The fourth-order valence-electron chi connectivity index (χ4n) is 1.54. The third-order valence-corrected chi connectivity index (χ3v) is 4.62. The molecule has 0 amide bonds. The Morgan fingerprint density at radius 2 is 1.33 bits per heavy atom. The number of rotatable bonds is 5.